The van der Waals surface area contributed by atoms with E-state index in [0.717, 1.165) is 25.0 Å². The first-order valence-corrected chi connectivity index (χ1v) is 7.47. The molecule has 2 rings (SSSR count). The molecule has 1 aromatic carbocycles. The maximum absolute atomic E-state index is 13.2. The van der Waals surface area contributed by atoms with Crippen molar-refractivity contribution in [2.24, 2.45) is 0 Å². The van der Waals surface area contributed by atoms with Crippen LogP contribution in [-0.2, 0) is 14.8 Å². The van der Waals surface area contributed by atoms with Gasteiger partial charge in [0.1, 0.15) is 5.82 Å². The number of rotatable bonds is 4. The Morgan fingerprint density at radius 1 is 1.47 bits per heavy atom. The highest BCUT2D eigenvalue weighted by molar-refractivity contribution is 7.89. The minimum atomic E-state index is -3.74. The summed E-state index contributed by atoms with van der Waals surface area (Å²) in [6.07, 6.45) is 1.68. The van der Waals surface area contributed by atoms with Crippen molar-refractivity contribution in [1.82, 2.24) is 4.31 Å². The van der Waals surface area contributed by atoms with Gasteiger partial charge < -0.3 is 10.5 Å². The predicted octanol–water partition coefficient (Wildman–Crippen LogP) is 1.21. The number of anilines is 1. The molecule has 1 fully saturated rings. The van der Waals surface area contributed by atoms with Gasteiger partial charge in [0.15, 0.2) is 0 Å². The summed E-state index contributed by atoms with van der Waals surface area (Å²) in [7, 11) is -2.28. The first-order valence-electron chi connectivity index (χ1n) is 6.03. The van der Waals surface area contributed by atoms with E-state index in [1.165, 1.54) is 17.4 Å². The summed E-state index contributed by atoms with van der Waals surface area (Å²) in [5.41, 5.74) is 5.56. The number of benzene rings is 1. The molecular formula is C12H17FN2O3S. The van der Waals surface area contributed by atoms with E-state index in [-0.39, 0.29) is 23.2 Å². The van der Waals surface area contributed by atoms with Crippen molar-refractivity contribution < 1.29 is 17.5 Å². The van der Waals surface area contributed by atoms with Gasteiger partial charge in [0, 0.05) is 25.9 Å². The molecular weight excluding hydrogens is 271 g/mol. The molecule has 0 radical (unpaired) electrons. The molecule has 0 amide bonds. The fourth-order valence-corrected chi connectivity index (χ4v) is 3.36. The lowest BCUT2D eigenvalue weighted by Gasteiger charge is -2.20. The van der Waals surface area contributed by atoms with E-state index in [1.807, 2.05) is 0 Å². The maximum atomic E-state index is 13.2. The fourth-order valence-electron chi connectivity index (χ4n) is 2.09. The summed E-state index contributed by atoms with van der Waals surface area (Å²) >= 11 is 0. The second-order valence-electron chi connectivity index (χ2n) is 4.64. The van der Waals surface area contributed by atoms with E-state index in [9.17, 15) is 12.8 Å². The van der Waals surface area contributed by atoms with Crippen LogP contribution in [0, 0.1) is 5.82 Å². The summed E-state index contributed by atoms with van der Waals surface area (Å²) in [4.78, 5) is -0.134. The molecule has 1 aliphatic rings. The number of likely N-dealkylation sites (N-methyl/N-ethyl adjacent to an activating group) is 1. The standard InChI is InChI=1S/C12H17FN2O3S/c1-15(8-11-3-2-4-18-11)19(16,17)12-6-9(13)5-10(14)7-12/h5-7,11H,2-4,8,14H2,1H3. The van der Waals surface area contributed by atoms with Crippen molar-refractivity contribution in [3.63, 3.8) is 0 Å². The number of nitrogens with zero attached hydrogens (tertiary/aromatic N) is 1. The second-order valence-corrected chi connectivity index (χ2v) is 6.69. The first-order chi connectivity index (χ1) is 8.89. The number of halogens is 1. The number of hydrogen-bond acceptors (Lipinski definition) is 4. The SMILES string of the molecule is CN(CC1CCCO1)S(=O)(=O)c1cc(N)cc(F)c1. The minimum absolute atomic E-state index is 0.0871. The molecule has 2 N–H and O–H groups in total. The number of nitrogens with two attached hydrogens (primary N) is 1. The molecule has 0 aliphatic carbocycles. The number of ether oxygens (including phenoxy) is 1. The molecule has 1 unspecified atom stereocenters. The average molecular weight is 288 g/mol. The normalized spacial score (nSPS) is 20.1. The molecule has 1 atom stereocenters. The molecule has 1 aliphatic heterocycles. The summed E-state index contributed by atoms with van der Waals surface area (Å²) in [5, 5.41) is 0. The zero-order valence-corrected chi connectivity index (χ0v) is 11.5. The topological polar surface area (TPSA) is 72.6 Å². The second kappa shape index (κ2) is 5.44. The summed E-state index contributed by atoms with van der Waals surface area (Å²) in [6.45, 7) is 0.921. The van der Waals surface area contributed by atoms with Crippen LogP contribution in [0.4, 0.5) is 10.1 Å². The summed E-state index contributed by atoms with van der Waals surface area (Å²) < 4.78 is 44.4. The lowest BCUT2D eigenvalue weighted by Crippen LogP contribution is -2.34. The molecule has 1 saturated heterocycles. The van der Waals surface area contributed by atoms with Gasteiger partial charge in [0.05, 0.1) is 11.0 Å². The zero-order valence-electron chi connectivity index (χ0n) is 10.7. The summed E-state index contributed by atoms with van der Waals surface area (Å²) in [5.74, 6) is -0.663. The lowest BCUT2D eigenvalue weighted by atomic mass is 10.2. The van der Waals surface area contributed by atoms with Crippen LogP contribution in [-0.4, -0.2) is 39.0 Å². The van der Waals surface area contributed by atoms with E-state index in [0.29, 0.717) is 6.61 Å². The Bertz CT molecular complexity index is 536. The van der Waals surface area contributed by atoms with Crippen molar-refractivity contribution in [3.05, 3.63) is 24.0 Å². The Kier molecular flexibility index (Phi) is 4.07. The van der Waals surface area contributed by atoms with Crippen LogP contribution in [0.3, 0.4) is 0 Å². The smallest absolute Gasteiger partial charge is 0.243 e. The Morgan fingerprint density at radius 2 is 2.21 bits per heavy atom. The van der Waals surface area contributed by atoms with Gasteiger partial charge in [0.2, 0.25) is 10.0 Å². The van der Waals surface area contributed by atoms with E-state index >= 15 is 0 Å². The molecule has 7 heteroatoms. The van der Waals surface area contributed by atoms with Crippen molar-refractivity contribution in [1.29, 1.82) is 0 Å². The minimum Gasteiger partial charge on any atom is -0.399 e. The average Bonchev–Trinajstić information content (AvgIpc) is 2.80. The lowest BCUT2D eigenvalue weighted by molar-refractivity contribution is 0.0979. The third kappa shape index (κ3) is 3.23. The molecule has 1 aromatic rings. The Labute approximate surface area is 112 Å². The Hall–Kier alpha value is -1.18. The van der Waals surface area contributed by atoms with Gasteiger partial charge in [0.25, 0.3) is 0 Å². The van der Waals surface area contributed by atoms with E-state index in [4.69, 9.17) is 10.5 Å². The van der Waals surface area contributed by atoms with Crippen LogP contribution in [0.2, 0.25) is 0 Å². The van der Waals surface area contributed by atoms with Gasteiger partial charge in [-0.05, 0) is 31.0 Å². The number of sulfonamides is 1. The van der Waals surface area contributed by atoms with Crippen LogP contribution < -0.4 is 5.73 Å². The first kappa shape index (κ1) is 14.2. The van der Waals surface area contributed by atoms with Crippen LogP contribution in [0.15, 0.2) is 23.1 Å². The zero-order chi connectivity index (χ0) is 14.0. The molecule has 5 nitrogen and oxygen atoms in total. The van der Waals surface area contributed by atoms with Crippen LogP contribution in [0.5, 0.6) is 0 Å². The molecule has 0 spiro atoms. The molecule has 19 heavy (non-hydrogen) atoms. The number of nitrogen functional groups attached to an aromatic ring is 1. The predicted molar refractivity (Wildman–Crippen MR) is 69.6 cm³/mol. The third-order valence-electron chi connectivity index (χ3n) is 3.09. The quantitative estimate of drug-likeness (QED) is 0.845. The van der Waals surface area contributed by atoms with Crippen molar-refractivity contribution >= 4 is 15.7 Å². The molecule has 106 valence electrons. The van der Waals surface area contributed by atoms with Crippen LogP contribution >= 0.6 is 0 Å². The van der Waals surface area contributed by atoms with Crippen molar-refractivity contribution in [3.8, 4) is 0 Å². The van der Waals surface area contributed by atoms with Gasteiger partial charge >= 0.3 is 0 Å². The Balaban J connectivity index is 2.20. The molecule has 0 bridgehead atoms. The fraction of sp³-hybridized carbons (Fsp3) is 0.500. The highest BCUT2D eigenvalue weighted by Crippen LogP contribution is 2.21. The van der Waals surface area contributed by atoms with E-state index < -0.39 is 15.8 Å². The molecule has 1 heterocycles. The largest absolute Gasteiger partial charge is 0.399 e. The van der Waals surface area contributed by atoms with Gasteiger partial charge in [-0.15, -0.1) is 0 Å². The monoisotopic (exact) mass is 288 g/mol. The van der Waals surface area contributed by atoms with Gasteiger partial charge in [-0.1, -0.05) is 0 Å². The Morgan fingerprint density at radius 3 is 2.79 bits per heavy atom. The van der Waals surface area contributed by atoms with Gasteiger partial charge in [-0.25, -0.2) is 12.8 Å². The highest BCUT2D eigenvalue weighted by atomic mass is 32.2. The molecule has 0 aromatic heterocycles. The van der Waals surface area contributed by atoms with E-state index in [1.54, 1.807) is 0 Å². The van der Waals surface area contributed by atoms with Gasteiger partial charge in [-0.2, -0.15) is 4.31 Å². The van der Waals surface area contributed by atoms with Crippen LogP contribution in [0.1, 0.15) is 12.8 Å². The van der Waals surface area contributed by atoms with Gasteiger partial charge in [-0.3, -0.25) is 0 Å². The van der Waals surface area contributed by atoms with Crippen LogP contribution in [0.25, 0.3) is 0 Å². The molecule has 0 saturated carbocycles. The maximum Gasteiger partial charge on any atom is 0.243 e. The van der Waals surface area contributed by atoms with Crippen molar-refractivity contribution in [2.75, 3.05) is 25.9 Å². The van der Waals surface area contributed by atoms with Crippen molar-refractivity contribution in [2.45, 2.75) is 23.8 Å². The summed E-state index contributed by atoms with van der Waals surface area (Å²) in [6, 6.07) is 3.31. The highest BCUT2D eigenvalue weighted by Gasteiger charge is 2.26. The number of hydrogen-bond donors (Lipinski definition) is 1. The van der Waals surface area contributed by atoms with E-state index in [2.05, 4.69) is 0 Å². The third-order valence-corrected chi connectivity index (χ3v) is 4.89.